The van der Waals surface area contributed by atoms with E-state index in [1.807, 2.05) is 24.3 Å². The molecule has 0 fully saturated rings. The van der Waals surface area contributed by atoms with Crippen LogP contribution in [0.25, 0.3) is 10.9 Å². The standard InChI is InChI=1S/C17H13BrN4O4/c18-14-7-12(22(24)25)5-6-16(14)26-10-17(23)21-20-9-11-8-19-15-4-2-1-3-13(11)15/h1-9,19H,10H2,(H,21,23). The van der Waals surface area contributed by atoms with E-state index in [1.54, 1.807) is 12.4 Å². The second kappa shape index (κ2) is 7.79. The van der Waals surface area contributed by atoms with Crippen LogP contribution in [0.2, 0.25) is 0 Å². The summed E-state index contributed by atoms with van der Waals surface area (Å²) in [7, 11) is 0. The first-order chi connectivity index (χ1) is 12.5. The largest absolute Gasteiger partial charge is 0.483 e. The molecule has 8 nitrogen and oxygen atoms in total. The average molecular weight is 417 g/mol. The molecule has 0 saturated heterocycles. The first kappa shape index (κ1) is 17.6. The highest BCUT2D eigenvalue weighted by atomic mass is 79.9. The fraction of sp³-hybridized carbons (Fsp3) is 0.0588. The Hall–Kier alpha value is -3.20. The normalized spacial score (nSPS) is 11.0. The Morgan fingerprint density at radius 3 is 2.92 bits per heavy atom. The van der Waals surface area contributed by atoms with Crippen molar-refractivity contribution in [3.05, 3.63) is 68.8 Å². The van der Waals surface area contributed by atoms with Gasteiger partial charge in [0.1, 0.15) is 5.75 Å². The SMILES string of the molecule is O=C(COc1ccc([N+](=O)[O-])cc1Br)NN=Cc1c[nH]c2ccccc12. The van der Waals surface area contributed by atoms with E-state index in [-0.39, 0.29) is 12.3 Å². The smallest absolute Gasteiger partial charge is 0.277 e. The second-order valence-corrected chi connectivity index (χ2v) is 6.10. The van der Waals surface area contributed by atoms with Crippen LogP contribution in [0.3, 0.4) is 0 Å². The maximum Gasteiger partial charge on any atom is 0.277 e. The summed E-state index contributed by atoms with van der Waals surface area (Å²) in [6.07, 6.45) is 3.34. The number of hydrogen-bond acceptors (Lipinski definition) is 5. The van der Waals surface area contributed by atoms with Crippen LogP contribution in [0.1, 0.15) is 5.56 Å². The Kier molecular flexibility index (Phi) is 5.28. The number of nitrogens with zero attached hydrogens (tertiary/aromatic N) is 2. The van der Waals surface area contributed by atoms with Gasteiger partial charge >= 0.3 is 0 Å². The van der Waals surface area contributed by atoms with Crippen LogP contribution in [0.15, 0.2) is 58.2 Å². The first-order valence-corrected chi connectivity index (χ1v) is 8.28. The van der Waals surface area contributed by atoms with Crippen LogP contribution >= 0.6 is 15.9 Å². The third-order valence-electron chi connectivity index (χ3n) is 3.50. The van der Waals surface area contributed by atoms with Crippen LogP contribution in [-0.2, 0) is 4.79 Å². The molecule has 2 aromatic carbocycles. The number of ether oxygens (including phenoxy) is 1. The lowest BCUT2D eigenvalue weighted by Gasteiger charge is -2.06. The molecule has 3 aromatic rings. The number of benzene rings is 2. The number of nitro groups is 1. The lowest BCUT2D eigenvalue weighted by Crippen LogP contribution is -2.24. The minimum atomic E-state index is -0.513. The number of aromatic amines is 1. The second-order valence-electron chi connectivity index (χ2n) is 5.24. The van der Waals surface area contributed by atoms with E-state index in [0.29, 0.717) is 10.2 Å². The number of H-pyrrole nitrogens is 1. The molecule has 0 saturated carbocycles. The maximum absolute atomic E-state index is 11.8. The van der Waals surface area contributed by atoms with Crippen molar-refractivity contribution in [1.82, 2.24) is 10.4 Å². The third kappa shape index (κ3) is 4.06. The zero-order valence-corrected chi connectivity index (χ0v) is 14.9. The van der Waals surface area contributed by atoms with Crippen molar-refractivity contribution < 1.29 is 14.5 Å². The Morgan fingerprint density at radius 2 is 2.15 bits per heavy atom. The molecule has 3 rings (SSSR count). The van der Waals surface area contributed by atoms with Crippen LogP contribution in [0.5, 0.6) is 5.75 Å². The van der Waals surface area contributed by atoms with Gasteiger partial charge < -0.3 is 9.72 Å². The molecule has 0 bridgehead atoms. The highest BCUT2D eigenvalue weighted by Crippen LogP contribution is 2.28. The number of nitro benzene ring substituents is 1. The summed E-state index contributed by atoms with van der Waals surface area (Å²) in [4.78, 5) is 25.1. The molecule has 0 spiro atoms. The molecule has 0 atom stereocenters. The number of carbonyl (C=O) groups excluding carboxylic acids is 1. The average Bonchev–Trinajstić information content (AvgIpc) is 3.04. The summed E-state index contributed by atoms with van der Waals surface area (Å²) in [5.41, 5.74) is 4.13. The fourth-order valence-electron chi connectivity index (χ4n) is 2.27. The molecule has 0 aliphatic carbocycles. The zero-order chi connectivity index (χ0) is 18.5. The van der Waals surface area contributed by atoms with Crippen molar-refractivity contribution in [2.75, 3.05) is 6.61 Å². The summed E-state index contributed by atoms with van der Waals surface area (Å²) in [5.74, 6) is -0.127. The van der Waals surface area contributed by atoms with Gasteiger partial charge in [0.2, 0.25) is 0 Å². The van der Waals surface area contributed by atoms with E-state index in [2.05, 4.69) is 31.4 Å². The van der Waals surface area contributed by atoms with E-state index in [0.717, 1.165) is 16.5 Å². The molecule has 26 heavy (non-hydrogen) atoms. The summed E-state index contributed by atoms with van der Waals surface area (Å²) in [6, 6.07) is 11.8. The van der Waals surface area contributed by atoms with Crippen molar-refractivity contribution in [2.24, 2.45) is 5.10 Å². The molecule has 2 N–H and O–H groups in total. The molecule has 0 unspecified atom stereocenters. The topological polar surface area (TPSA) is 110 Å². The lowest BCUT2D eigenvalue weighted by molar-refractivity contribution is -0.384. The Balaban J connectivity index is 1.55. The van der Waals surface area contributed by atoms with Gasteiger partial charge in [0.15, 0.2) is 6.61 Å². The van der Waals surface area contributed by atoms with Gasteiger partial charge in [0, 0.05) is 34.8 Å². The number of hydrazone groups is 1. The van der Waals surface area contributed by atoms with Crippen molar-refractivity contribution >= 4 is 44.6 Å². The number of para-hydroxylation sites is 1. The number of non-ortho nitro benzene ring substituents is 1. The van der Waals surface area contributed by atoms with Crippen LogP contribution in [-0.4, -0.2) is 28.6 Å². The van der Waals surface area contributed by atoms with Gasteiger partial charge in [0.25, 0.3) is 11.6 Å². The van der Waals surface area contributed by atoms with E-state index in [1.165, 1.54) is 18.2 Å². The van der Waals surface area contributed by atoms with E-state index >= 15 is 0 Å². The van der Waals surface area contributed by atoms with Gasteiger partial charge in [-0.1, -0.05) is 18.2 Å². The minimum Gasteiger partial charge on any atom is -0.483 e. The number of halogens is 1. The fourth-order valence-corrected chi connectivity index (χ4v) is 2.75. The van der Waals surface area contributed by atoms with E-state index in [9.17, 15) is 14.9 Å². The molecule has 0 aliphatic heterocycles. The predicted molar refractivity (Wildman–Crippen MR) is 100 cm³/mol. The zero-order valence-electron chi connectivity index (χ0n) is 13.3. The van der Waals surface area contributed by atoms with Crippen LogP contribution in [0.4, 0.5) is 5.69 Å². The highest BCUT2D eigenvalue weighted by molar-refractivity contribution is 9.10. The number of hydrogen-bond donors (Lipinski definition) is 2. The molecule has 1 aromatic heterocycles. The van der Waals surface area contributed by atoms with Gasteiger partial charge in [-0.05, 0) is 28.1 Å². The van der Waals surface area contributed by atoms with E-state index in [4.69, 9.17) is 4.74 Å². The molecule has 1 heterocycles. The summed E-state index contributed by atoms with van der Waals surface area (Å²) >= 11 is 3.17. The Labute approximate surface area is 156 Å². The summed E-state index contributed by atoms with van der Waals surface area (Å²) < 4.78 is 5.72. The maximum atomic E-state index is 11.8. The number of amides is 1. The lowest BCUT2D eigenvalue weighted by atomic mass is 10.2. The van der Waals surface area contributed by atoms with Gasteiger partial charge in [-0.3, -0.25) is 14.9 Å². The molecular formula is C17H13BrN4O4. The van der Waals surface area contributed by atoms with Gasteiger partial charge in [0.05, 0.1) is 15.6 Å². The van der Waals surface area contributed by atoms with Crippen LogP contribution in [0, 0.1) is 10.1 Å². The number of nitrogens with one attached hydrogen (secondary N) is 2. The number of fused-ring (bicyclic) bond motifs is 1. The molecule has 1 amide bonds. The van der Waals surface area contributed by atoms with Crippen molar-refractivity contribution in [2.45, 2.75) is 0 Å². The summed E-state index contributed by atoms with van der Waals surface area (Å²) in [5, 5.41) is 15.6. The summed E-state index contributed by atoms with van der Waals surface area (Å²) in [6.45, 7) is -0.276. The van der Waals surface area contributed by atoms with Gasteiger partial charge in [-0.15, -0.1) is 0 Å². The monoisotopic (exact) mass is 416 g/mol. The molecule has 9 heteroatoms. The number of aromatic nitrogens is 1. The number of carbonyl (C=O) groups is 1. The molecule has 132 valence electrons. The van der Waals surface area contributed by atoms with E-state index < -0.39 is 10.8 Å². The predicted octanol–water partition coefficient (Wildman–Crippen LogP) is 3.37. The van der Waals surface area contributed by atoms with Crippen LogP contribution < -0.4 is 10.2 Å². The van der Waals surface area contributed by atoms with Gasteiger partial charge in [-0.2, -0.15) is 5.10 Å². The minimum absolute atomic E-state index is 0.0722. The Bertz CT molecular complexity index is 999. The van der Waals surface area contributed by atoms with Crippen molar-refractivity contribution in [3.8, 4) is 5.75 Å². The van der Waals surface area contributed by atoms with Gasteiger partial charge in [-0.25, -0.2) is 5.43 Å². The molecule has 0 aliphatic rings. The first-order valence-electron chi connectivity index (χ1n) is 7.49. The highest BCUT2D eigenvalue weighted by Gasteiger charge is 2.11. The van der Waals surface area contributed by atoms with Crippen molar-refractivity contribution in [3.63, 3.8) is 0 Å². The third-order valence-corrected chi connectivity index (χ3v) is 4.12. The molecular weight excluding hydrogens is 404 g/mol. The quantitative estimate of drug-likeness (QED) is 0.364. The number of rotatable bonds is 6. The Morgan fingerprint density at radius 1 is 1.35 bits per heavy atom. The van der Waals surface area contributed by atoms with Crippen molar-refractivity contribution in [1.29, 1.82) is 0 Å². The molecule has 0 radical (unpaired) electrons.